The van der Waals surface area contributed by atoms with E-state index in [0.29, 0.717) is 22.1 Å². The van der Waals surface area contributed by atoms with E-state index in [1.165, 1.54) is 17.4 Å². The third-order valence-corrected chi connectivity index (χ3v) is 3.83. The molecule has 1 amide bonds. The highest BCUT2D eigenvalue weighted by Gasteiger charge is 2.12. The molecule has 0 aliphatic rings. The third-order valence-electron chi connectivity index (χ3n) is 2.98. The lowest BCUT2D eigenvalue weighted by Gasteiger charge is -2.04. The maximum Gasteiger partial charge on any atom is 0.275 e. The predicted octanol–water partition coefficient (Wildman–Crippen LogP) is 3.63. The summed E-state index contributed by atoms with van der Waals surface area (Å²) >= 11 is 1.37. The number of hydrogen-bond donors (Lipinski definition) is 1. The van der Waals surface area contributed by atoms with Crippen LogP contribution in [0.1, 0.15) is 16.1 Å². The van der Waals surface area contributed by atoms with Gasteiger partial charge in [0.25, 0.3) is 5.91 Å². The quantitative estimate of drug-likeness (QED) is 0.803. The number of aryl methyl sites for hydroxylation is 1. The molecule has 0 spiro atoms. The Morgan fingerprint density at radius 1 is 1.33 bits per heavy atom. The number of carbonyl (C=O) groups excluding carboxylic acids is 1. The lowest BCUT2D eigenvalue weighted by Crippen LogP contribution is -2.12. The molecule has 1 N–H and O–H groups in total. The normalized spacial score (nSPS) is 10.6. The van der Waals surface area contributed by atoms with Crippen LogP contribution in [0, 0.1) is 12.7 Å². The maximum atomic E-state index is 13.5. The van der Waals surface area contributed by atoms with Crippen molar-refractivity contribution in [3.05, 3.63) is 65.2 Å². The minimum absolute atomic E-state index is 0.310. The van der Waals surface area contributed by atoms with E-state index < -0.39 is 0 Å². The molecule has 2 heterocycles. The lowest BCUT2D eigenvalue weighted by molar-refractivity contribution is 0.102. The van der Waals surface area contributed by atoms with Gasteiger partial charge in [0.2, 0.25) is 0 Å². The Bertz CT molecular complexity index is 780. The molecule has 3 rings (SSSR count). The average molecular weight is 301 g/mol. The molecule has 0 atom stereocenters. The van der Waals surface area contributed by atoms with Gasteiger partial charge in [0.15, 0.2) is 5.13 Å². The Labute approximate surface area is 124 Å². The number of nitrogens with one attached hydrogen (secondary N) is 1. The number of thiazole rings is 1. The number of benzene rings is 1. The summed E-state index contributed by atoms with van der Waals surface area (Å²) in [6.07, 6.45) is 3.71. The molecule has 106 valence electrons. The average Bonchev–Trinajstić information content (AvgIpc) is 3.12. The largest absolute Gasteiger partial charge is 0.321 e. The van der Waals surface area contributed by atoms with Crippen LogP contribution in [-0.4, -0.2) is 15.5 Å². The van der Waals surface area contributed by atoms with Gasteiger partial charge in [-0.1, -0.05) is 6.07 Å². The van der Waals surface area contributed by atoms with Crippen molar-refractivity contribution in [1.82, 2.24) is 9.55 Å². The van der Waals surface area contributed by atoms with Crippen LogP contribution in [0.4, 0.5) is 10.1 Å². The molecule has 0 aliphatic carbocycles. The Balaban J connectivity index is 1.78. The molecule has 0 saturated heterocycles. The smallest absolute Gasteiger partial charge is 0.275 e. The number of amides is 1. The van der Waals surface area contributed by atoms with Crippen molar-refractivity contribution in [2.24, 2.45) is 0 Å². The van der Waals surface area contributed by atoms with Crippen molar-refractivity contribution in [2.75, 3.05) is 5.32 Å². The van der Waals surface area contributed by atoms with Crippen LogP contribution in [0.3, 0.4) is 0 Å². The van der Waals surface area contributed by atoms with Gasteiger partial charge in [-0.25, -0.2) is 9.37 Å². The second-order valence-corrected chi connectivity index (χ2v) is 5.36. The lowest BCUT2D eigenvalue weighted by atomic mass is 10.2. The summed E-state index contributed by atoms with van der Waals surface area (Å²) in [5.74, 6) is -0.702. The van der Waals surface area contributed by atoms with Crippen LogP contribution < -0.4 is 5.32 Å². The summed E-state index contributed by atoms with van der Waals surface area (Å²) in [4.78, 5) is 16.4. The molecule has 21 heavy (non-hydrogen) atoms. The zero-order valence-corrected chi connectivity index (χ0v) is 12.0. The Kier molecular flexibility index (Phi) is 3.53. The van der Waals surface area contributed by atoms with Gasteiger partial charge in [-0.05, 0) is 36.8 Å². The number of halogens is 1. The van der Waals surface area contributed by atoms with Crippen LogP contribution in [0.15, 0.2) is 48.1 Å². The molecule has 4 nitrogen and oxygen atoms in total. The molecule has 0 aliphatic heterocycles. The Morgan fingerprint density at radius 3 is 2.81 bits per heavy atom. The third kappa shape index (κ3) is 2.85. The first-order chi connectivity index (χ1) is 10.1. The van der Waals surface area contributed by atoms with Crippen LogP contribution in [0.25, 0.3) is 5.13 Å². The van der Waals surface area contributed by atoms with Gasteiger partial charge in [-0.2, -0.15) is 0 Å². The van der Waals surface area contributed by atoms with Crippen LogP contribution in [0.5, 0.6) is 0 Å². The van der Waals surface area contributed by atoms with Gasteiger partial charge in [-0.15, -0.1) is 11.3 Å². The van der Waals surface area contributed by atoms with Gasteiger partial charge in [-0.3, -0.25) is 4.79 Å². The number of hydrogen-bond acceptors (Lipinski definition) is 3. The van der Waals surface area contributed by atoms with E-state index in [9.17, 15) is 9.18 Å². The van der Waals surface area contributed by atoms with E-state index in [1.54, 1.807) is 24.4 Å². The molecule has 3 aromatic rings. The maximum absolute atomic E-state index is 13.5. The van der Waals surface area contributed by atoms with Crippen molar-refractivity contribution in [2.45, 2.75) is 6.92 Å². The van der Waals surface area contributed by atoms with Crippen molar-refractivity contribution in [3.8, 4) is 5.13 Å². The van der Waals surface area contributed by atoms with Crippen LogP contribution in [0.2, 0.25) is 0 Å². The van der Waals surface area contributed by atoms with Gasteiger partial charge < -0.3 is 9.88 Å². The van der Waals surface area contributed by atoms with Crippen LogP contribution >= 0.6 is 11.3 Å². The molecule has 1 aromatic carbocycles. The van der Waals surface area contributed by atoms with Gasteiger partial charge >= 0.3 is 0 Å². The summed E-state index contributed by atoms with van der Waals surface area (Å²) in [5.41, 5.74) is 1.26. The second kappa shape index (κ2) is 5.49. The predicted molar refractivity (Wildman–Crippen MR) is 80.5 cm³/mol. The number of carbonyl (C=O) groups is 1. The first kappa shape index (κ1) is 13.5. The standard InChI is InChI=1S/C15H12FN3OS/c1-10-4-5-11(8-12(10)16)17-14(20)13-9-21-15(18-13)19-6-2-3-7-19/h2-9H,1H3,(H,17,20). The molecule has 0 radical (unpaired) electrons. The highest BCUT2D eigenvalue weighted by Crippen LogP contribution is 2.18. The van der Waals surface area contributed by atoms with Crippen molar-refractivity contribution in [3.63, 3.8) is 0 Å². The van der Waals surface area contributed by atoms with Crippen molar-refractivity contribution in [1.29, 1.82) is 0 Å². The highest BCUT2D eigenvalue weighted by molar-refractivity contribution is 7.12. The van der Waals surface area contributed by atoms with E-state index in [1.807, 2.05) is 29.1 Å². The molecule has 6 heteroatoms. The minimum atomic E-state index is -0.354. The Morgan fingerprint density at radius 2 is 2.10 bits per heavy atom. The summed E-state index contributed by atoms with van der Waals surface area (Å²) in [7, 11) is 0. The molecule has 0 bridgehead atoms. The molecular formula is C15H12FN3OS. The number of anilines is 1. The van der Waals surface area contributed by atoms with Crippen LogP contribution in [-0.2, 0) is 0 Å². The summed E-state index contributed by atoms with van der Waals surface area (Å²) in [6.45, 7) is 1.67. The summed E-state index contributed by atoms with van der Waals surface area (Å²) in [6, 6.07) is 8.35. The van der Waals surface area contributed by atoms with E-state index >= 15 is 0 Å². The topological polar surface area (TPSA) is 46.9 Å². The van der Waals surface area contributed by atoms with E-state index in [0.717, 1.165) is 0 Å². The second-order valence-electron chi connectivity index (χ2n) is 4.52. The van der Waals surface area contributed by atoms with Gasteiger partial charge in [0.1, 0.15) is 11.5 Å². The van der Waals surface area contributed by atoms with Crippen molar-refractivity contribution < 1.29 is 9.18 Å². The fraction of sp³-hybridized carbons (Fsp3) is 0.0667. The zero-order valence-electron chi connectivity index (χ0n) is 11.2. The molecular weight excluding hydrogens is 289 g/mol. The Hall–Kier alpha value is -2.47. The van der Waals surface area contributed by atoms with E-state index in [4.69, 9.17) is 0 Å². The van der Waals surface area contributed by atoms with Gasteiger partial charge in [0.05, 0.1) is 0 Å². The summed E-state index contributed by atoms with van der Waals surface area (Å²) in [5, 5.41) is 5.03. The first-order valence-corrected chi connectivity index (χ1v) is 7.18. The highest BCUT2D eigenvalue weighted by atomic mass is 32.1. The first-order valence-electron chi connectivity index (χ1n) is 6.30. The molecule has 0 saturated carbocycles. The fourth-order valence-corrected chi connectivity index (χ4v) is 2.59. The molecule has 0 fully saturated rings. The number of rotatable bonds is 3. The summed E-state index contributed by atoms with van der Waals surface area (Å²) < 4.78 is 15.3. The SMILES string of the molecule is Cc1ccc(NC(=O)c2csc(-n3cccc3)n2)cc1F. The number of nitrogens with zero attached hydrogens (tertiary/aromatic N) is 2. The van der Waals surface area contributed by atoms with E-state index in [2.05, 4.69) is 10.3 Å². The number of aromatic nitrogens is 2. The van der Waals surface area contributed by atoms with E-state index in [-0.39, 0.29) is 11.7 Å². The monoisotopic (exact) mass is 301 g/mol. The minimum Gasteiger partial charge on any atom is -0.321 e. The van der Waals surface area contributed by atoms with Crippen molar-refractivity contribution >= 4 is 22.9 Å². The fourth-order valence-electron chi connectivity index (χ4n) is 1.81. The molecule has 2 aromatic heterocycles. The zero-order chi connectivity index (χ0) is 14.8. The van der Waals surface area contributed by atoms with Gasteiger partial charge in [0, 0.05) is 23.5 Å². The molecule has 0 unspecified atom stereocenters.